The van der Waals surface area contributed by atoms with Crippen LogP contribution in [0.5, 0.6) is 0 Å². The number of rotatable bonds is 5. The van der Waals surface area contributed by atoms with Crippen molar-refractivity contribution >= 4 is 63.5 Å². The van der Waals surface area contributed by atoms with E-state index in [1.54, 1.807) is 19.1 Å². The Morgan fingerprint density at radius 2 is 2.06 bits per heavy atom. The maximum Gasteiger partial charge on any atom is 0.341 e. The normalized spacial score (nSPS) is 15.4. The van der Waals surface area contributed by atoms with Crippen molar-refractivity contribution in [2.24, 2.45) is 11.0 Å². The van der Waals surface area contributed by atoms with Crippen LogP contribution in [-0.2, 0) is 27.2 Å². The average molecular weight is 482 g/mol. The Hall–Kier alpha value is -2.42. The molecule has 0 aliphatic heterocycles. The zero-order chi connectivity index (χ0) is 22.5. The number of hydrazone groups is 1. The van der Waals surface area contributed by atoms with Crippen LogP contribution in [0.1, 0.15) is 46.6 Å². The molecule has 164 valence electrons. The number of hydrogen-bond acceptors (Lipinski definition) is 6. The fourth-order valence-electron chi connectivity index (χ4n) is 3.24. The third-order valence-corrected chi connectivity index (χ3v) is 6.49. The molecule has 2 amide bonds. The summed E-state index contributed by atoms with van der Waals surface area (Å²) >= 11 is 13.2. The number of hydrogen-bond donors (Lipinski definition) is 2. The van der Waals surface area contributed by atoms with Crippen molar-refractivity contribution in [3.05, 3.63) is 49.8 Å². The van der Waals surface area contributed by atoms with Crippen molar-refractivity contribution in [3.63, 3.8) is 0 Å². The van der Waals surface area contributed by atoms with Crippen molar-refractivity contribution in [1.29, 1.82) is 0 Å². The largest absolute Gasteiger partial charge is 0.462 e. The third kappa shape index (κ3) is 5.64. The lowest BCUT2D eigenvalue weighted by Crippen LogP contribution is -2.32. The van der Waals surface area contributed by atoms with Crippen LogP contribution in [-0.4, -0.2) is 30.6 Å². The summed E-state index contributed by atoms with van der Waals surface area (Å²) in [4.78, 5) is 38.1. The molecule has 2 N–H and O–H groups in total. The monoisotopic (exact) mass is 481 g/mol. The van der Waals surface area contributed by atoms with Gasteiger partial charge in [0.05, 0.1) is 23.4 Å². The second-order valence-corrected chi connectivity index (χ2v) is 9.04. The van der Waals surface area contributed by atoms with E-state index in [2.05, 4.69) is 22.8 Å². The number of nitrogens with zero attached hydrogens (tertiary/aromatic N) is 1. The highest BCUT2D eigenvalue weighted by Crippen LogP contribution is 2.40. The van der Waals surface area contributed by atoms with E-state index >= 15 is 0 Å². The van der Waals surface area contributed by atoms with Gasteiger partial charge in [0.15, 0.2) is 0 Å². The Labute approximate surface area is 193 Å². The van der Waals surface area contributed by atoms with Gasteiger partial charge in [-0.25, -0.2) is 10.2 Å². The number of thiophene rings is 1. The molecule has 1 aromatic carbocycles. The molecule has 1 aliphatic carbocycles. The number of fused-ring (bicyclic) bond motifs is 1. The number of nitrogens with one attached hydrogen (secondary N) is 2. The van der Waals surface area contributed by atoms with E-state index in [9.17, 15) is 14.4 Å². The quantitative estimate of drug-likeness (QED) is 0.285. The summed E-state index contributed by atoms with van der Waals surface area (Å²) in [6, 6.07) is 4.79. The van der Waals surface area contributed by atoms with E-state index in [1.165, 1.54) is 23.6 Å². The van der Waals surface area contributed by atoms with Crippen LogP contribution in [0.2, 0.25) is 10.0 Å². The SMILES string of the molecule is CCOC(=O)c1c(NC(=O)C(=O)N/N=C\c2ccc(Cl)cc2Cl)sc2c1CC[C@@H](C)C2. The molecule has 0 unspecified atom stereocenters. The molecule has 10 heteroatoms. The molecule has 0 spiro atoms. The minimum atomic E-state index is -0.976. The summed E-state index contributed by atoms with van der Waals surface area (Å²) in [5.41, 5.74) is 3.91. The predicted molar refractivity (Wildman–Crippen MR) is 122 cm³/mol. The van der Waals surface area contributed by atoms with Crippen molar-refractivity contribution in [3.8, 4) is 0 Å². The molecule has 0 bridgehead atoms. The molecule has 0 fully saturated rings. The molecule has 0 saturated heterocycles. The standard InChI is InChI=1S/C21H21Cl2N3O4S/c1-3-30-21(29)17-14-7-4-11(2)8-16(14)31-20(17)25-18(27)19(28)26-24-10-12-5-6-13(22)9-15(12)23/h5-6,9-11H,3-4,7-8H2,1-2H3,(H,25,27)(H,26,28)/b24-10-/t11-/m1/s1. The van der Waals surface area contributed by atoms with Crippen LogP contribution in [0, 0.1) is 5.92 Å². The van der Waals surface area contributed by atoms with Crippen LogP contribution in [0.3, 0.4) is 0 Å². The number of benzene rings is 1. The molecule has 1 aliphatic rings. The second-order valence-electron chi connectivity index (χ2n) is 7.10. The molecule has 1 aromatic heterocycles. The van der Waals surface area contributed by atoms with Gasteiger partial charge in [-0.05, 0) is 49.8 Å². The Balaban J connectivity index is 1.72. The molecule has 3 rings (SSSR count). The first kappa shape index (κ1) is 23.2. The van der Waals surface area contributed by atoms with Crippen LogP contribution in [0.15, 0.2) is 23.3 Å². The Morgan fingerprint density at radius 1 is 1.29 bits per heavy atom. The first-order chi connectivity index (χ1) is 14.8. The number of halogens is 2. The lowest BCUT2D eigenvalue weighted by Gasteiger charge is -2.18. The van der Waals surface area contributed by atoms with Crippen LogP contribution in [0.4, 0.5) is 5.00 Å². The van der Waals surface area contributed by atoms with Crippen molar-refractivity contribution in [1.82, 2.24) is 5.43 Å². The fraction of sp³-hybridized carbons (Fsp3) is 0.333. The molecule has 7 nitrogen and oxygen atoms in total. The van der Waals surface area contributed by atoms with Crippen molar-refractivity contribution < 1.29 is 19.1 Å². The molecular formula is C21H21Cl2N3O4S. The first-order valence-electron chi connectivity index (χ1n) is 9.71. The highest BCUT2D eigenvalue weighted by atomic mass is 35.5. The minimum Gasteiger partial charge on any atom is -0.462 e. The lowest BCUT2D eigenvalue weighted by atomic mass is 9.88. The fourth-order valence-corrected chi connectivity index (χ4v) is 5.09. The van der Waals surface area contributed by atoms with Crippen molar-refractivity contribution in [2.45, 2.75) is 33.1 Å². The Morgan fingerprint density at radius 3 is 2.77 bits per heavy atom. The van der Waals surface area contributed by atoms with Gasteiger partial charge in [-0.15, -0.1) is 11.3 Å². The predicted octanol–water partition coefficient (Wildman–Crippen LogP) is 4.45. The summed E-state index contributed by atoms with van der Waals surface area (Å²) in [5.74, 6) is -1.92. The van der Waals surface area contributed by atoms with E-state index in [0.717, 1.165) is 29.7 Å². The summed E-state index contributed by atoms with van der Waals surface area (Å²) in [5, 5.41) is 7.44. The summed E-state index contributed by atoms with van der Waals surface area (Å²) in [7, 11) is 0. The van der Waals surface area contributed by atoms with Gasteiger partial charge >= 0.3 is 17.8 Å². The number of amides is 2. The highest BCUT2D eigenvalue weighted by Gasteiger charge is 2.30. The average Bonchev–Trinajstić information content (AvgIpc) is 3.06. The number of ether oxygens (including phenoxy) is 1. The second kappa shape index (κ2) is 10.3. The number of anilines is 1. The minimum absolute atomic E-state index is 0.218. The van der Waals surface area contributed by atoms with Gasteiger partial charge in [0, 0.05) is 15.5 Å². The number of carbonyl (C=O) groups excluding carboxylic acids is 3. The van der Waals surface area contributed by atoms with Gasteiger partial charge in [0.2, 0.25) is 0 Å². The van der Waals surface area contributed by atoms with Gasteiger partial charge in [-0.3, -0.25) is 9.59 Å². The van der Waals surface area contributed by atoms with Gasteiger partial charge in [-0.1, -0.05) is 36.2 Å². The van der Waals surface area contributed by atoms with Gasteiger partial charge < -0.3 is 10.1 Å². The molecule has 1 heterocycles. The summed E-state index contributed by atoms with van der Waals surface area (Å²) < 4.78 is 5.17. The Bertz CT molecular complexity index is 1050. The zero-order valence-corrected chi connectivity index (χ0v) is 19.3. The Kier molecular flexibility index (Phi) is 7.69. The van der Waals surface area contributed by atoms with Gasteiger partial charge in [0.25, 0.3) is 0 Å². The molecular weight excluding hydrogens is 461 g/mol. The first-order valence-corrected chi connectivity index (χ1v) is 11.3. The number of carbonyl (C=O) groups is 3. The van der Waals surface area contributed by atoms with Crippen LogP contribution >= 0.6 is 34.5 Å². The van der Waals surface area contributed by atoms with E-state index in [-0.39, 0.29) is 6.61 Å². The highest BCUT2D eigenvalue weighted by molar-refractivity contribution is 7.17. The third-order valence-electron chi connectivity index (χ3n) is 4.76. The van der Waals surface area contributed by atoms with Crippen molar-refractivity contribution in [2.75, 3.05) is 11.9 Å². The number of esters is 1. The van der Waals surface area contributed by atoms with Crippen LogP contribution in [0.25, 0.3) is 0 Å². The summed E-state index contributed by atoms with van der Waals surface area (Å²) in [6.45, 7) is 4.08. The van der Waals surface area contributed by atoms with E-state index in [1.807, 2.05) is 0 Å². The van der Waals surface area contributed by atoms with E-state index in [0.29, 0.717) is 32.1 Å². The lowest BCUT2D eigenvalue weighted by molar-refractivity contribution is -0.136. The maximum absolute atomic E-state index is 12.5. The summed E-state index contributed by atoms with van der Waals surface area (Å²) in [6.07, 6.45) is 3.81. The van der Waals surface area contributed by atoms with E-state index < -0.39 is 17.8 Å². The molecule has 0 radical (unpaired) electrons. The zero-order valence-electron chi connectivity index (χ0n) is 17.0. The van der Waals surface area contributed by atoms with E-state index in [4.69, 9.17) is 27.9 Å². The van der Waals surface area contributed by atoms with Gasteiger partial charge in [-0.2, -0.15) is 5.10 Å². The molecule has 0 saturated carbocycles. The molecule has 2 aromatic rings. The van der Waals surface area contributed by atoms with Crippen LogP contribution < -0.4 is 10.7 Å². The topological polar surface area (TPSA) is 96.9 Å². The smallest absolute Gasteiger partial charge is 0.341 e. The van der Waals surface area contributed by atoms with Gasteiger partial charge in [0.1, 0.15) is 5.00 Å². The maximum atomic E-state index is 12.5. The molecule has 1 atom stereocenters. The molecule has 31 heavy (non-hydrogen) atoms.